The van der Waals surface area contributed by atoms with E-state index in [1.807, 2.05) is 30.3 Å². The molecule has 3 nitrogen and oxygen atoms in total. The first-order valence-corrected chi connectivity index (χ1v) is 11.6. The van der Waals surface area contributed by atoms with Crippen LogP contribution in [0.15, 0.2) is 85.1 Å². The quantitative estimate of drug-likeness (QED) is 0.441. The fourth-order valence-corrected chi connectivity index (χ4v) is 4.07. The molecule has 4 aromatic rings. The van der Waals surface area contributed by atoms with E-state index in [2.05, 4.69) is 53.5 Å². The fourth-order valence-electron chi connectivity index (χ4n) is 3.57. The van der Waals surface area contributed by atoms with Gasteiger partial charge in [0, 0.05) is 23.4 Å². The minimum absolute atomic E-state index is 0.430. The minimum Gasteiger partial charge on any atom is -0.256 e. The standard InChI is InChI=1S/C25H23NO2S/c1-18(29(2,27)28)14-19-15-23-12-7-13-26-25(23)24(16-19)22-11-6-10-21(17-22)20-8-4-3-5-9-20/h3-13,15-18H,14H2,1-2H3. The number of hydrogen-bond donors (Lipinski definition) is 0. The predicted molar refractivity (Wildman–Crippen MR) is 121 cm³/mol. The highest BCUT2D eigenvalue weighted by atomic mass is 32.2. The van der Waals surface area contributed by atoms with Crippen molar-refractivity contribution in [2.24, 2.45) is 0 Å². The largest absolute Gasteiger partial charge is 0.256 e. The van der Waals surface area contributed by atoms with Crippen molar-refractivity contribution < 1.29 is 8.42 Å². The summed E-state index contributed by atoms with van der Waals surface area (Å²) in [6.45, 7) is 1.76. The Kier molecular flexibility index (Phi) is 5.20. The highest BCUT2D eigenvalue weighted by Crippen LogP contribution is 2.32. The molecule has 3 aromatic carbocycles. The number of aromatic nitrogens is 1. The van der Waals surface area contributed by atoms with E-state index in [-0.39, 0.29) is 0 Å². The van der Waals surface area contributed by atoms with Crippen molar-refractivity contribution in [3.63, 3.8) is 0 Å². The molecule has 4 rings (SSSR count). The summed E-state index contributed by atoms with van der Waals surface area (Å²) in [6, 6.07) is 26.8. The lowest BCUT2D eigenvalue weighted by Crippen LogP contribution is -2.18. The Morgan fingerprint density at radius 3 is 2.31 bits per heavy atom. The summed E-state index contributed by atoms with van der Waals surface area (Å²) in [6.07, 6.45) is 3.57. The topological polar surface area (TPSA) is 47.0 Å². The van der Waals surface area contributed by atoms with Gasteiger partial charge in [-0.2, -0.15) is 0 Å². The van der Waals surface area contributed by atoms with Crippen molar-refractivity contribution in [1.29, 1.82) is 0 Å². The molecule has 0 saturated carbocycles. The maximum atomic E-state index is 11.9. The molecule has 0 saturated heterocycles. The van der Waals surface area contributed by atoms with Crippen LogP contribution in [-0.2, 0) is 16.3 Å². The van der Waals surface area contributed by atoms with Gasteiger partial charge in [0.15, 0.2) is 0 Å². The number of hydrogen-bond acceptors (Lipinski definition) is 3. The lowest BCUT2D eigenvalue weighted by atomic mass is 9.94. The van der Waals surface area contributed by atoms with Gasteiger partial charge in [-0.05, 0) is 59.9 Å². The molecule has 0 aliphatic rings. The maximum Gasteiger partial charge on any atom is 0.150 e. The normalized spacial score (nSPS) is 12.8. The second-order valence-electron chi connectivity index (χ2n) is 7.51. The molecule has 29 heavy (non-hydrogen) atoms. The van der Waals surface area contributed by atoms with E-state index in [1.165, 1.54) is 6.26 Å². The van der Waals surface area contributed by atoms with E-state index in [0.717, 1.165) is 38.7 Å². The lowest BCUT2D eigenvalue weighted by molar-refractivity contribution is 0.588. The third-order valence-electron chi connectivity index (χ3n) is 5.30. The smallest absolute Gasteiger partial charge is 0.150 e. The second-order valence-corrected chi connectivity index (χ2v) is 9.97. The summed E-state index contributed by atoms with van der Waals surface area (Å²) in [5, 5.41) is 0.589. The number of rotatable bonds is 5. The van der Waals surface area contributed by atoms with Gasteiger partial charge in [0.2, 0.25) is 0 Å². The summed E-state index contributed by atoms with van der Waals surface area (Å²) in [4.78, 5) is 4.61. The predicted octanol–water partition coefficient (Wildman–Crippen LogP) is 5.54. The molecule has 0 amide bonds. The second kappa shape index (κ2) is 7.80. The van der Waals surface area contributed by atoms with Crippen LogP contribution in [0.3, 0.4) is 0 Å². The Balaban J connectivity index is 1.85. The molecule has 0 fully saturated rings. The Labute approximate surface area is 172 Å². The van der Waals surface area contributed by atoms with Crippen molar-refractivity contribution in [2.45, 2.75) is 18.6 Å². The van der Waals surface area contributed by atoms with Gasteiger partial charge in [-0.1, -0.05) is 54.6 Å². The van der Waals surface area contributed by atoms with E-state index in [9.17, 15) is 8.42 Å². The van der Waals surface area contributed by atoms with Gasteiger partial charge >= 0.3 is 0 Å². The van der Waals surface area contributed by atoms with Gasteiger partial charge in [0.1, 0.15) is 9.84 Å². The summed E-state index contributed by atoms with van der Waals surface area (Å²) >= 11 is 0. The fraction of sp³-hybridized carbons (Fsp3) is 0.160. The van der Waals surface area contributed by atoms with Crippen molar-refractivity contribution >= 4 is 20.7 Å². The average Bonchev–Trinajstić information content (AvgIpc) is 2.73. The summed E-state index contributed by atoms with van der Waals surface area (Å²) in [5.74, 6) is 0. The van der Waals surface area contributed by atoms with Crippen LogP contribution in [0.2, 0.25) is 0 Å². The van der Waals surface area contributed by atoms with E-state index in [1.54, 1.807) is 13.1 Å². The van der Waals surface area contributed by atoms with Crippen LogP contribution in [0.5, 0.6) is 0 Å². The SMILES string of the molecule is CC(Cc1cc(-c2cccc(-c3ccccc3)c2)c2ncccc2c1)S(C)(=O)=O. The van der Waals surface area contributed by atoms with Crippen LogP contribution in [0.4, 0.5) is 0 Å². The average molecular weight is 402 g/mol. The van der Waals surface area contributed by atoms with Crippen LogP contribution in [-0.4, -0.2) is 24.9 Å². The number of fused-ring (bicyclic) bond motifs is 1. The van der Waals surface area contributed by atoms with Gasteiger partial charge in [-0.25, -0.2) is 8.42 Å². The zero-order chi connectivity index (χ0) is 20.4. The zero-order valence-electron chi connectivity index (χ0n) is 16.5. The van der Waals surface area contributed by atoms with E-state index in [4.69, 9.17) is 0 Å². The molecular formula is C25H23NO2S. The highest BCUT2D eigenvalue weighted by molar-refractivity contribution is 7.91. The molecule has 0 aliphatic heterocycles. The van der Waals surface area contributed by atoms with Gasteiger partial charge < -0.3 is 0 Å². The van der Waals surface area contributed by atoms with Crippen LogP contribution in [0.25, 0.3) is 33.2 Å². The van der Waals surface area contributed by atoms with E-state index in [0.29, 0.717) is 6.42 Å². The molecule has 0 bridgehead atoms. The van der Waals surface area contributed by atoms with Gasteiger partial charge in [0.25, 0.3) is 0 Å². The summed E-state index contributed by atoms with van der Waals surface area (Å²) in [7, 11) is -3.09. The minimum atomic E-state index is -3.09. The Morgan fingerprint density at radius 1 is 0.828 bits per heavy atom. The third kappa shape index (κ3) is 4.22. The maximum absolute atomic E-state index is 11.9. The first-order valence-electron chi connectivity index (χ1n) is 9.64. The summed E-state index contributed by atoms with van der Waals surface area (Å²) in [5.41, 5.74) is 6.33. The molecule has 0 radical (unpaired) electrons. The number of sulfone groups is 1. The molecule has 1 heterocycles. The number of nitrogens with zero attached hydrogens (tertiary/aromatic N) is 1. The molecule has 146 valence electrons. The van der Waals surface area contributed by atoms with Crippen molar-refractivity contribution in [3.05, 3.63) is 90.6 Å². The first kappa shape index (κ1) is 19.3. The molecule has 1 aromatic heterocycles. The van der Waals surface area contributed by atoms with E-state index < -0.39 is 15.1 Å². The Hall–Kier alpha value is -2.98. The van der Waals surface area contributed by atoms with Crippen molar-refractivity contribution in [3.8, 4) is 22.3 Å². The Bertz CT molecular complexity index is 1260. The monoisotopic (exact) mass is 401 g/mol. The number of benzene rings is 3. The summed E-state index contributed by atoms with van der Waals surface area (Å²) < 4.78 is 23.9. The Morgan fingerprint density at radius 2 is 1.55 bits per heavy atom. The third-order valence-corrected chi connectivity index (χ3v) is 6.93. The van der Waals surface area contributed by atoms with Crippen LogP contribution >= 0.6 is 0 Å². The van der Waals surface area contributed by atoms with Gasteiger partial charge in [0.05, 0.1) is 10.8 Å². The molecule has 1 unspecified atom stereocenters. The molecular weight excluding hydrogens is 378 g/mol. The van der Waals surface area contributed by atoms with Crippen LogP contribution in [0, 0.1) is 0 Å². The van der Waals surface area contributed by atoms with Crippen LogP contribution < -0.4 is 0 Å². The molecule has 0 spiro atoms. The van der Waals surface area contributed by atoms with Gasteiger partial charge in [-0.3, -0.25) is 4.98 Å². The highest BCUT2D eigenvalue weighted by Gasteiger charge is 2.17. The van der Waals surface area contributed by atoms with Crippen molar-refractivity contribution in [1.82, 2.24) is 4.98 Å². The van der Waals surface area contributed by atoms with Gasteiger partial charge in [-0.15, -0.1) is 0 Å². The molecule has 4 heteroatoms. The number of pyridine rings is 1. The first-order chi connectivity index (χ1) is 13.9. The molecule has 0 aliphatic carbocycles. The van der Waals surface area contributed by atoms with Crippen LogP contribution in [0.1, 0.15) is 12.5 Å². The van der Waals surface area contributed by atoms with E-state index >= 15 is 0 Å². The lowest BCUT2D eigenvalue weighted by Gasteiger charge is -2.14. The zero-order valence-corrected chi connectivity index (χ0v) is 17.4. The molecule has 1 atom stereocenters. The molecule has 0 N–H and O–H groups in total. The van der Waals surface area contributed by atoms with Crippen molar-refractivity contribution in [2.75, 3.05) is 6.26 Å².